The maximum atomic E-state index is 13.6. The lowest BCUT2D eigenvalue weighted by atomic mass is 10.2. The number of rotatable bonds is 13. The molecule has 37 heavy (non-hydrogen) atoms. The average Bonchev–Trinajstić information content (AvgIpc) is 2.89. The van der Waals surface area contributed by atoms with E-state index < -0.39 is 15.9 Å². The summed E-state index contributed by atoms with van der Waals surface area (Å²) in [7, 11) is -1.21. The van der Waals surface area contributed by atoms with E-state index in [1.807, 2.05) is 6.07 Å². The van der Waals surface area contributed by atoms with Crippen LogP contribution in [0.2, 0.25) is 5.02 Å². The van der Waals surface area contributed by atoms with Gasteiger partial charge in [0.1, 0.15) is 6.54 Å². The molecule has 3 aromatic rings. The molecule has 198 valence electrons. The highest BCUT2D eigenvalue weighted by Gasteiger charge is 2.28. The topological polar surface area (TPSA) is 84.9 Å². The molecule has 10 heteroatoms. The van der Waals surface area contributed by atoms with Gasteiger partial charge in [-0.15, -0.1) is 0 Å². The van der Waals surface area contributed by atoms with E-state index >= 15 is 0 Å². The minimum atomic E-state index is -4.10. The summed E-state index contributed by atoms with van der Waals surface area (Å²) in [5.74, 6) is 2.05. The monoisotopic (exact) mass is 562 g/mol. The molecule has 3 aromatic carbocycles. The number of sulfonamides is 1. The van der Waals surface area contributed by atoms with Crippen molar-refractivity contribution in [2.45, 2.75) is 24.0 Å². The number of anilines is 1. The molecule has 0 aliphatic heterocycles. The second kappa shape index (κ2) is 13.6. The number of aryl methyl sites for hydroxylation is 1. The molecule has 1 N–H and O–H groups in total. The van der Waals surface area contributed by atoms with Gasteiger partial charge in [-0.2, -0.15) is 11.8 Å². The molecule has 0 saturated carbocycles. The summed E-state index contributed by atoms with van der Waals surface area (Å²) in [5.41, 5.74) is 2.83. The Bertz CT molecular complexity index is 1300. The highest BCUT2D eigenvalue weighted by Crippen LogP contribution is 2.32. The number of amides is 1. The molecule has 3 rings (SSSR count). The summed E-state index contributed by atoms with van der Waals surface area (Å²) in [5, 5.41) is 3.30. The van der Waals surface area contributed by atoms with Gasteiger partial charge in [0.15, 0.2) is 11.5 Å². The fraction of sp³-hybridized carbons (Fsp3) is 0.296. The minimum absolute atomic E-state index is 0.0274. The molecule has 0 aliphatic carbocycles. The SMILES string of the molecule is COc1ccc(S(=O)(=O)N(CC(=O)NCCCSCc2cccc(C)c2)c2ccc(Cl)cc2)cc1OC. The Morgan fingerprint density at radius 3 is 2.41 bits per heavy atom. The third-order valence-electron chi connectivity index (χ3n) is 5.48. The number of nitrogens with one attached hydrogen (secondary N) is 1. The van der Waals surface area contributed by atoms with Crippen LogP contribution in [-0.4, -0.2) is 47.4 Å². The van der Waals surface area contributed by atoms with Crippen LogP contribution in [0.25, 0.3) is 0 Å². The van der Waals surface area contributed by atoms with Gasteiger partial charge in [0.05, 0.1) is 24.8 Å². The zero-order valence-electron chi connectivity index (χ0n) is 21.1. The van der Waals surface area contributed by atoms with Crippen molar-refractivity contribution in [3.63, 3.8) is 0 Å². The molecule has 0 bridgehead atoms. The van der Waals surface area contributed by atoms with Crippen LogP contribution >= 0.6 is 23.4 Å². The molecule has 1 amide bonds. The number of halogens is 1. The smallest absolute Gasteiger partial charge is 0.264 e. The van der Waals surface area contributed by atoms with Crippen LogP contribution in [0.1, 0.15) is 17.5 Å². The Balaban J connectivity index is 1.65. The van der Waals surface area contributed by atoms with E-state index in [2.05, 4.69) is 30.4 Å². The van der Waals surface area contributed by atoms with Crippen LogP contribution < -0.4 is 19.1 Å². The molecular weight excluding hydrogens is 532 g/mol. The van der Waals surface area contributed by atoms with Crippen LogP contribution in [0, 0.1) is 6.92 Å². The third kappa shape index (κ3) is 8.05. The van der Waals surface area contributed by atoms with Crippen LogP contribution in [0.15, 0.2) is 71.6 Å². The predicted molar refractivity (Wildman–Crippen MR) is 150 cm³/mol. The molecular formula is C27H31ClN2O5S2. The Morgan fingerprint density at radius 1 is 1.00 bits per heavy atom. The third-order valence-corrected chi connectivity index (χ3v) is 8.62. The highest BCUT2D eigenvalue weighted by molar-refractivity contribution is 7.98. The Morgan fingerprint density at radius 2 is 1.73 bits per heavy atom. The van der Waals surface area contributed by atoms with Crippen LogP contribution in [-0.2, 0) is 20.6 Å². The molecule has 0 radical (unpaired) electrons. The van der Waals surface area contributed by atoms with E-state index in [9.17, 15) is 13.2 Å². The lowest BCUT2D eigenvalue weighted by molar-refractivity contribution is -0.119. The molecule has 0 fully saturated rings. The minimum Gasteiger partial charge on any atom is -0.493 e. The fourth-order valence-corrected chi connectivity index (χ4v) is 6.08. The van der Waals surface area contributed by atoms with Gasteiger partial charge in [-0.3, -0.25) is 9.10 Å². The number of nitrogens with zero attached hydrogens (tertiary/aromatic N) is 1. The predicted octanol–water partition coefficient (Wildman–Crippen LogP) is 5.30. The number of methoxy groups -OCH3 is 2. The van der Waals surface area contributed by atoms with Crippen molar-refractivity contribution >= 4 is 45.0 Å². The number of benzene rings is 3. The number of carbonyl (C=O) groups is 1. The first-order valence-corrected chi connectivity index (χ1v) is 14.6. The zero-order chi connectivity index (χ0) is 26.8. The van der Waals surface area contributed by atoms with E-state index in [1.165, 1.54) is 43.5 Å². The van der Waals surface area contributed by atoms with Crippen molar-refractivity contribution in [2.24, 2.45) is 0 Å². The second-order valence-electron chi connectivity index (χ2n) is 8.25. The molecule has 0 saturated heterocycles. The Hall–Kier alpha value is -2.88. The van der Waals surface area contributed by atoms with Gasteiger partial charge in [-0.05, 0) is 61.1 Å². The van der Waals surface area contributed by atoms with E-state index in [1.54, 1.807) is 36.0 Å². The lowest BCUT2D eigenvalue weighted by Gasteiger charge is -2.24. The van der Waals surface area contributed by atoms with Crippen LogP contribution in [0.3, 0.4) is 0 Å². The van der Waals surface area contributed by atoms with Gasteiger partial charge in [-0.25, -0.2) is 8.42 Å². The Kier molecular flexibility index (Phi) is 10.5. The van der Waals surface area contributed by atoms with Crippen molar-refractivity contribution in [1.29, 1.82) is 0 Å². The first kappa shape index (κ1) is 28.7. The van der Waals surface area contributed by atoms with E-state index in [0.717, 1.165) is 22.2 Å². The van der Waals surface area contributed by atoms with E-state index in [4.69, 9.17) is 21.1 Å². The van der Waals surface area contributed by atoms with Gasteiger partial charge in [0.25, 0.3) is 10.0 Å². The van der Waals surface area contributed by atoms with Crippen LogP contribution in [0.5, 0.6) is 11.5 Å². The van der Waals surface area contributed by atoms with Gasteiger partial charge in [0, 0.05) is 23.4 Å². The first-order chi connectivity index (χ1) is 17.7. The second-order valence-corrected chi connectivity index (χ2v) is 11.7. The lowest BCUT2D eigenvalue weighted by Crippen LogP contribution is -2.41. The molecule has 0 spiro atoms. The van der Waals surface area contributed by atoms with Crippen molar-refractivity contribution in [2.75, 3.05) is 37.4 Å². The average molecular weight is 563 g/mol. The maximum absolute atomic E-state index is 13.6. The van der Waals surface area contributed by atoms with Gasteiger partial charge < -0.3 is 14.8 Å². The van der Waals surface area contributed by atoms with Gasteiger partial charge in [-0.1, -0.05) is 41.4 Å². The summed E-state index contributed by atoms with van der Waals surface area (Å²) < 4.78 is 38.8. The molecule has 7 nitrogen and oxygen atoms in total. The summed E-state index contributed by atoms with van der Waals surface area (Å²) in [6, 6.07) is 19.0. The number of ether oxygens (including phenoxy) is 2. The quantitative estimate of drug-likeness (QED) is 0.285. The molecule has 0 atom stereocenters. The van der Waals surface area contributed by atoms with E-state index in [0.29, 0.717) is 23.0 Å². The fourth-order valence-electron chi connectivity index (χ4n) is 3.61. The largest absolute Gasteiger partial charge is 0.493 e. The number of hydrogen-bond donors (Lipinski definition) is 1. The van der Waals surface area contributed by atoms with Crippen molar-refractivity contribution in [3.05, 3.63) is 82.9 Å². The first-order valence-electron chi connectivity index (χ1n) is 11.6. The molecule has 0 aliphatic rings. The molecule has 0 unspecified atom stereocenters. The van der Waals surface area contributed by atoms with Crippen molar-refractivity contribution in [3.8, 4) is 11.5 Å². The Labute approximate surface area is 228 Å². The maximum Gasteiger partial charge on any atom is 0.264 e. The van der Waals surface area contributed by atoms with Gasteiger partial charge in [0.2, 0.25) is 5.91 Å². The van der Waals surface area contributed by atoms with Crippen molar-refractivity contribution < 1.29 is 22.7 Å². The standard InChI is InChI=1S/C27H31ClN2O5S2/c1-20-6-4-7-21(16-20)19-36-15-5-14-29-27(31)18-30(23-10-8-22(28)9-11-23)37(32,33)24-12-13-25(34-2)26(17-24)35-3/h4,6-13,16-17H,5,14-15,18-19H2,1-3H3,(H,29,31). The highest BCUT2D eigenvalue weighted by atomic mass is 35.5. The van der Waals surface area contributed by atoms with Crippen LogP contribution in [0.4, 0.5) is 5.69 Å². The number of carbonyl (C=O) groups excluding carboxylic acids is 1. The summed E-state index contributed by atoms with van der Waals surface area (Å²) in [6.45, 7) is 2.14. The zero-order valence-corrected chi connectivity index (χ0v) is 23.5. The van der Waals surface area contributed by atoms with E-state index in [-0.39, 0.29) is 17.2 Å². The normalized spacial score (nSPS) is 11.1. The molecule has 0 aromatic heterocycles. The number of thioether (sulfide) groups is 1. The summed E-state index contributed by atoms with van der Waals surface area (Å²) >= 11 is 7.80. The summed E-state index contributed by atoms with van der Waals surface area (Å²) in [4.78, 5) is 12.8. The molecule has 0 heterocycles. The van der Waals surface area contributed by atoms with Gasteiger partial charge >= 0.3 is 0 Å². The summed E-state index contributed by atoms with van der Waals surface area (Å²) in [6.07, 6.45) is 0.769. The number of hydrogen-bond acceptors (Lipinski definition) is 6. The van der Waals surface area contributed by atoms with Crippen molar-refractivity contribution in [1.82, 2.24) is 5.32 Å².